The van der Waals surface area contributed by atoms with Crippen molar-refractivity contribution in [2.24, 2.45) is 0 Å². The van der Waals surface area contributed by atoms with Crippen molar-refractivity contribution < 1.29 is 14.7 Å². The maximum Gasteiger partial charge on any atom is 0.261 e. The van der Waals surface area contributed by atoms with Crippen LogP contribution >= 0.6 is 11.6 Å². The second-order valence-corrected chi connectivity index (χ2v) is 5.91. The molecule has 2 aromatic carbocycles. The second-order valence-electron chi connectivity index (χ2n) is 5.47. The molecule has 3 rings (SSSR count). The zero-order chi connectivity index (χ0) is 15.9. The SMILES string of the molecule is Cc1ccc2c(c1)[C@@](O)(CC(=O)c1cccc(Cl)c1)C(=O)N2. The van der Waals surface area contributed by atoms with Gasteiger partial charge < -0.3 is 10.4 Å². The van der Waals surface area contributed by atoms with Crippen molar-refractivity contribution in [1.82, 2.24) is 0 Å². The number of carbonyl (C=O) groups excluding carboxylic acids is 2. The van der Waals surface area contributed by atoms with Crippen LogP contribution in [0.3, 0.4) is 0 Å². The lowest BCUT2D eigenvalue weighted by Crippen LogP contribution is -2.36. The molecule has 1 heterocycles. The van der Waals surface area contributed by atoms with Crippen molar-refractivity contribution in [2.75, 3.05) is 5.32 Å². The minimum atomic E-state index is -1.85. The zero-order valence-corrected chi connectivity index (χ0v) is 12.6. The van der Waals surface area contributed by atoms with Crippen molar-refractivity contribution >= 4 is 29.0 Å². The molecule has 0 spiro atoms. The van der Waals surface area contributed by atoms with E-state index in [0.29, 0.717) is 21.8 Å². The van der Waals surface area contributed by atoms with Gasteiger partial charge in [-0.15, -0.1) is 0 Å². The number of amides is 1. The molecule has 0 unspecified atom stereocenters. The topological polar surface area (TPSA) is 66.4 Å². The van der Waals surface area contributed by atoms with E-state index in [2.05, 4.69) is 5.32 Å². The molecule has 112 valence electrons. The number of benzene rings is 2. The summed E-state index contributed by atoms with van der Waals surface area (Å²) in [6.45, 7) is 1.86. The van der Waals surface area contributed by atoms with Crippen LogP contribution in [0.2, 0.25) is 5.02 Å². The molecule has 22 heavy (non-hydrogen) atoms. The fourth-order valence-corrected chi connectivity index (χ4v) is 2.82. The molecule has 5 heteroatoms. The average molecular weight is 316 g/mol. The summed E-state index contributed by atoms with van der Waals surface area (Å²) in [6.07, 6.45) is -0.324. The van der Waals surface area contributed by atoms with Crippen LogP contribution in [0.4, 0.5) is 5.69 Å². The summed E-state index contributed by atoms with van der Waals surface area (Å²) in [4.78, 5) is 24.6. The van der Waals surface area contributed by atoms with Crippen LogP contribution in [0.15, 0.2) is 42.5 Å². The number of aliphatic hydroxyl groups is 1. The van der Waals surface area contributed by atoms with Crippen LogP contribution in [-0.2, 0) is 10.4 Å². The first-order chi connectivity index (χ1) is 10.4. The molecule has 0 aliphatic carbocycles. The summed E-state index contributed by atoms with van der Waals surface area (Å²) in [6, 6.07) is 11.7. The van der Waals surface area contributed by atoms with E-state index in [4.69, 9.17) is 11.6 Å². The van der Waals surface area contributed by atoms with E-state index in [-0.39, 0.29) is 12.2 Å². The van der Waals surface area contributed by atoms with Crippen molar-refractivity contribution in [3.8, 4) is 0 Å². The second kappa shape index (κ2) is 5.23. The minimum Gasteiger partial charge on any atom is -0.375 e. The van der Waals surface area contributed by atoms with Crippen molar-refractivity contribution in [3.05, 3.63) is 64.2 Å². The van der Waals surface area contributed by atoms with Crippen LogP contribution in [0.5, 0.6) is 0 Å². The van der Waals surface area contributed by atoms with Gasteiger partial charge in [-0.05, 0) is 25.1 Å². The monoisotopic (exact) mass is 315 g/mol. The zero-order valence-electron chi connectivity index (χ0n) is 11.9. The smallest absolute Gasteiger partial charge is 0.261 e. The van der Waals surface area contributed by atoms with E-state index >= 15 is 0 Å². The van der Waals surface area contributed by atoms with Crippen LogP contribution in [0, 0.1) is 6.92 Å². The van der Waals surface area contributed by atoms with E-state index in [1.807, 2.05) is 13.0 Å². The van der Waals surface area contributed by atoms with Crippen LogP contribution < -0.4 is 5.32 Å². The molecule has 0 saturated carbocycles. The number of fused-ring (bicyclic) bond motifs is 1. The third-order valence-electron chi connectivity index (χ3n) is 3.81. The van der Waals surface area contributed by atoms with E-state index in [9.17, 15) is 14.7 Å². The predicted molar refractivity (Wildman–Crippen MR) is 84.1 cm³/mol. The lowest BCUT2D eigenvalue weighted by Gasteiger charge is -2.20. The number of nitrogens with one attached hydrogen (secondary N) is 1. The highest BCUT2D eigenvalue weighted by Gasteiger charge is 2.46. The molecule has 4 nitrogen and oxygen atoms in total. The number of aryl methyl sites for hydroxylation is 1. The first-order valence-corrected chi connectivity index (χ1v) is 7.22. The number of carbonyl (C=O) groups is 2. The third-order valence-corrected chi connectivity index (χ3v) is 4.04. The summed E-state index contributed by atoms with van der Waals surface area (Å²) >= 11 is 5.88. The highest BCUT2D eigenvalue weighted by atomic mass is 35.5. The molecule has 0 fully saturated rings. The number of anilines is 1. The Bertz CT molecular complexity index is 787. The Morgan fingerprint density at radius 2 is 2.05 bits per heavy atom. The number of halogens is 1. The minimum absolute atomic E-state index is 0.324. The largest absolute Gasteiger partial charge is 0.375 e. The average Bonchev–Trinajstić information content (AvgIpc) is 2.71. The molecule has 2 N–H and O–H groups in total. The highest BCUT2D eigenvalue weighted by Crippen LogP contribution is 2.39. The van der Waals surface area contributed by atoms with Crippen molar-refractivity contribution in [1.29, 1.82) is 0 Å². The van der Waals surface area contributed by atoms with Gasteiger partial charge in [-0.25, -0.2) is 0 Å². The fraction of sp³-hybridized carbons (Fsp3) is 0.176. The van der Waals surface area contributed by atoms with E-state index in [0.717, 1.165) is 5.56 Å². The lowest BCUT2D eigenvalue weighted by atomic mass is 9.87. The normalized spacial score (nSPS) is 19.7. The summed E-state index contributed by atoms with van der Waals surface area (Å²) in [5.41, 5.74) is 0.407. The Morgan fingerprint density at radius 1 is 1.27 bits per heavy atom. The van der Waals surface area contributed by atoms with Gasteiger partial charge in [-0.2, -0.15) is 0 Å². The van der Waals surface area contributed by atoms with Crippen molar-refractivity contribution in [3.63, 3.8) is 0 Å². The number of hydrogen-bond acceptors (Lipinski definition) is 3. The molecular formula is C17H14ClNO3. The van der Waals surface area contributed by atoms with Gasteiger partial charge in [-0.3, -0.25) is 9.59 Å². The summed E-state index contributed by atoms with van der Waals surface area (Å²) < 4.78 is 0. The quantitative estimate of drug-likeness (QED) is 0.855. The Hall–Kier alpha value is -2.17. The first-order valence-electron chi connectivity index (χ1n) is 6.84. The third kappa shape index (κ3) is 2.40. The van der Waals surface area contributed by atoms with E-state index in [1.165, 1.54) is 6.07 Å². The van der Waals surface area contributed by atoms with Gasteiger partial charge in [-0.1, -0.05) is 41.4 Å². The summed E-state index contributed by atoms with van der Waals surface area (Å²) in [5, 5.41) is 13.8. The maximum absolute atomic E-state index is 12.4. The molecule has 0 radical (unpaired) electrons. The van der Waals surface area contributed by atoms with Crippen molar-refractivity contribution in [2.45, 2.75) is 18.9 Å². The Morgan fingerprint density at radius 3 is 2.77 bits per heavy atom. The van der Waals surface area contributed by atoms with Gasteiger partial charge in [0, 0.05) is 21.8 Å². The van der Waals surface area contributed by atoms with Gasteiger partial charge >= 0.3 is 0 Å². The predicted octanol–water partition coefficient (Wildman–Crippen LogP) is 3.06. The maximum atomic E-state index is 12.4. The molecule has 1 atom stereocenters. The molecule has 1 aliphatic rings. The number of hydrogen-bond donors (Lipinski definition) is 2. The van der Waals surface area contributed by atoms with E-state index < -0.39 is 11.5 Å². The number of Topliss-reactive ketones (excluding diaryl/α,β-unsaturated/α-hetero) is 1. The Labute approximate surface area is 132 Å². The first kappa shape index (κ1) is 14.8. The fourth-order valence-electron chi connectivity index (χ4n) is 2.63. The molecule has 0 bridgehead atoms. The molecule has 1 aliphatic heterocycles. The Kier molecular flexibility index (Phi) is 3.51. The molecular weight excluding hydrogens is 302 g/mol. The molecule has 0 aromatic heterocycles. The number of rotatable bonds is 3. The highest BCUT2D eigenvalue weighted by molar-refractivity contribution is 6.31. The summed E-state index contributed by atoms with van der Waals surface area (Å²) in [5.74, 6) is -0.919. The van der Waals surface area contributed by atoms with Gasteiger partial charge in [0.15, 0.2) is 11.4 Å². The van der Waals surface area contributed by atoms with Crippen LogP contribution in [0.25, 0.3) is 0 Å². The van der Waals surface area contributed by atoms with Gasteiger partial charge in [0.25, 0.3) is 5.91 Å². The standard InChI is InChI=1S/C17H14ClNO3/c1-10-5-6-14-13(7-10)17(22,16(21)19-14)9-15(20)11-3-2-4-12(18)8-11/h2-8,22H,9H2,1H3,(H,19,21)/t17-/m0/s1. The Balaban J connectivity index is 1.96. The number of ketones is 1. The van der Waals surface area contributed by atoms with Gasteiger partial charge in [0.2, 0.25) is 0 Å². The van der Waals surface area contributed by atoms with Gasteiger partial charge in [0.1, 0.15) is 0 Å². The summed E-state index contributed by atoms with van der Waals surface area (Å²) in [7, 11) is 0. The van der Waals surface area contributed by atoms with Crippen LogP contribution in [0.1, 0.15) is 27.9 Å². The lowest BCUT2D eigenvalue weighted by molar-refractivity contribution is -0.133. The molecule has 2 aromatic rings. The molecule has 1 amide bonds. The van der Waals surface area contributed by atoms with Gasteiger partial charge in [0.05, 0.1) is 6.42 Å². The van der Waals surface area contributed by atoms with Crippen LogP contribution in [-0.4, -0.2) is 16.8 Å². The van der Waals surface area contributed by atoms with E-state index in [1.54, 1.807) is 30.3 Å². The molecule has 0 saturated heterocycles.